The monoisotopic (exact) mass is 561 g/mol. The Morgan fingerprint density at radius 1 is 0.947 bits per heavy atom. The van der Waals surface area contributed by atoms with E-state index in [1.807, 2.05) is 0 Å². The van der Waals surface area contributed by atoms with Crippen LogP contribution < -0.4 is 16.7 Å². The Morgan fingerprint density at radius 2 is 1.71 bits per heavy atom. The number of nitrogens with one attached hydrogen (secondary N) is 1. The van der Waals surface area contributed by atoms with E-state index in [4.69, 9.17) is 23.2 Å². The molecule has 14 heteroatoms. The number of pyridine rings is 1. The highest BCUT2D eigenvalue weighted by atomic mass is 35.5. The number of rotatable bonds is 6. The van der Waals surface area contributed by atoms with Crippen LogP contribution in [0.25, 0.3) is 10.9 Å². The molecular formula is C24H16Cl2F3N7O2. The molecule has 0 aliphatic carbocycles. The second-order valence-electron chi connectivity index (χ2n) is 8.31. The molecule has 3 aromatic heterocycles. The Hall–Kier alpha value is -4.16. The average Bonchev–Trinajstić information content (AvgIpc) is 3.21. The molecule has 5 rings (SSSR count). The molecule has 0 fully saturated rings. The third-order valence-corrected chi connectivity index (χ3v) is 6.17. The number of aromatic nitrogens is 6. The van der Waals surface area contributed by atoms with Crippen molar-refractivity contribution in [1.29, 1.82) is 0 Å². The van der Waals surface area contributed by atoms with Crippen molar-refractivity contribution in [3.05, 3.63) is 109 Å². The summed E-state index contributed by atoms with van der Waals surface area (Å²) in [5.74, 6) is -4.09. The summed E-state index contributed by atoms with van der Waals surface area (Å²) in [6.45, 7) is -0.888. The highest BCUT2D eigenvalue weighted by molar-refractivity contribution is 6.34. The van der Waals surface area contributed by atoms with E-state index in [2.05, 4.69) is 20.4 Å². The standard InChI is InChI=1S/C24H16Cl2F3N7O2/c1-34-9-13-5-21(16(26)7-20(13)33-34)31-22-32-23(37)36(11-15-6-14(25)2-3-30-15)24(38)35(22)10-12-4-18(28)19(29)8-17(12)27/h2-9H,10-11H2,1H3,(H,31,32,37). The van der Waals surface area contributed by atoms with E-state index in [0.717, 1.165) is 9.13 Å². The van der Waals surface area contributed by atoms with Gasteiger partial charge in [-0.3, -0.25) is 14.2 Å². The number of halogens is 5. The topological polar surface area (TPSA) is 99.6 Å². The summed E-state index contributed by atoms with van der Waals surface area (Å²) in [6, 6.07) is 7.18. The molecule has 194 valence electrons. The van der Waals surface area contributed by atoms with Gasteiger partial charge in [-0.2, -0.15) is 10.1 Å². The van der Waals surface area contributed by atoms with Crippen LogP contribution in [0.2, 0.25) is 10.0 Å². The second-order valence-corrected chi connectivity index (χ2v) is 9.16. The van der Waals surface area contributed by atoms with Crippen LogP contribution in [0.3, 0.4) is 0 Å². The summed E-state index contributed by atoms with van der Waals surface area (Å²) < 4.78 is 45.2. The van der Waals surface area contributed by atoms with Gasteiger partial charge >= 0.3 is 11.4 Å². The Kier molecular flexibility index (Phi) is 6.67. The lowest BCUT2D eigenvalue weighted by atomic mass is 10.2. The SMILES string of the molecule is Cn1cc2cc(Nc3nc(=O)n(Cc4cc(Cl)ccn4)c(=O)n3Cc3cc(F)c(F)cc3F)c(Cl)cc2n1. The Bertz CT molecular complexity index is 1840. The third kappa shape index (κ3) is 5.00. The minimum Gasteiger partial charge on any atom is -0.324 e. The van der Waals surface area contributed by atoms with E-state index in [9.17, 15) is 22.8 Å². The molecule has 0 amide bonds. The van der Waals surface area contributed by atoms with Crippen LogP contribution in [-0.4, -0.2) is 28.9 Å². The van der Waals surface area contributed by atoms with Crippen LogP contribution in [-0.2, 0) is 20.1 Å². The van der Waals surface area contributed by atoms with E-state index in [-0.39, 0.29) is 34.5 Å². The van der Waals surface area contributed by atoms with Gasteiger partial charge in [0.25, 0.3) is 0 Å². The van der Waals surface area contributed by atoms with Crippen LogP contribution in [0.4, 0.5) is 24.8 Å². The van der Waals surface area contributed by atoms with Crippen LogP contribution in [0, 0.1) is 17.5 Å². The molecule has 5 aromatic rings. The fraction of sp³-hybridized carbons (Fsp3) is 0.125. The number of anilines is 2. The van der Waals surface area contributed by atoms with Crippen molar-refractivity contribution < 1.29 is 13.2 Å². The zero-order chi connectivity index (χ0) is 27.1. The molecule has 9 nitrogen and oxygen atoms in total. The molecule has 3 heterocycles. The molecule has 1 N–H and O–H groups in total. The van der Waals surface area contributed by atoms with Gasteiger partial charge in [-0.1, -0.05) is 23.2 Å². The van der Waals surface area contributed by atoms with Crippen LogP contribution in [0.1, 0.15) is 11.3 Å². The van der Waals surface area contributed by atoms with Gasteiger partial charge in [-0.15, -0.1) is 0 Å². The highest BCUT2D eigenvalue weighted by Crippen LogP contribution is 2.29. The van der Waals surface area contributed by atoms with Gasteiger partial charge in [0.05, 0.1) is 35.0 Å². The summed E-state index contributed by atoms with van der Waals surface area (Å²) in [6.07, 6.45) is 3.13. The van der Waals surface area contributed by atoms with Crippen molar-refractivity contribution in [1.82, 2.24) is 28.9 Å². The number of fused-ring (bicyclic) bond motifs is 1. The predicted octanol–water partition coefficient (Wildman–Crippen LogP) is 4.25. The summed E-state index contributed by atoms with van der Waals surface area (Å²) >= 11 is 12.4. The Morgan fingerprint density at radius 3 is 2.47 bits per heavy atom. The smallest absolute Gasteiger partial charge is 0.324 e. The molecule has 0 unspecified atom stereocenters. The van der Waals surface area contributed by atoms with Crippen molar-refractivity contribution in [3.8, 4) is 0 Å². The van der Waals surface area contributed by atoms with Crippen molar-refractivity contribution in [2.45, 2.75) is 13.1 Å². The van der Waals surface area contributed by atoms with Gasteiger partial charge in [0.15, 0.2) is 11.6 Å². The number of aryl methyl sites for hydroxylation is 1. The minimum atomic E-state index is -1.39. The summed E-state index contributed by atoms with van der Waals surface area (Å²) in [4.78, 5) is 34.5. The number of benzene rings is 2. The maximum absolute atomic E-state index is 14.5. The van der Waals surface area contributed by atoms with Gasteiger partial charge < -0.3 is 5.32 Å². The zero-order valence-electron chi connectivity index (χ0n) is 19.4. The number of hydrogen-bond donors (Lipinski definition) is 1. The fourth-order valence-electron chi connectivity index (χ4n) is 3.84. The van der Waals surface area contributed by atoms with Crippen molar-refractivity contribution in [3.63, 3.8) is 0 Å². The lowest BCUT2D eigenvalue weighted by molar-refractivity contribution is 0.485. The van der Waals surface area contributed by atoms with Crippen LogP contribution in [0.15, 0.2) is 58.4 Å². The van der Waals surface area contributed by atoms with Gasteiger partial charge in [0.2, 0.25) is 5.95 Å². The first-order valence-corrected chi connectivity index (χ1v) is 11.7. The van der Waals surface area contributed by atoms with Crippen molar-refractivity contribution in [2.75, 3.05) is 5.32 Å². The Balaban J connectivity index is 1.65. The molecule has 0 bridgehead atoms. The summed E-state index contributed by atoms with van der Waals surface area (Å²) in [5, 5.41) is 8.32. The first-order valence-electron chi connectivity index (χ1n) is 10.9. The van der Waals surface area contributed by atoms with Gasteiger partial charge in [-0.05, 0) is 30.3 Å². The molecular weight excluding hydrogens is 546 g/mol. The van der Waals surface area contributed by atoms with Crippen molar-refractivity contribution >= 4 is 45.7 Å². The first kappa shape index (κ1) is 25.5. The van der Waals surface area contributed by atoms with E-state index >= 15 is 0 Å². The van der Waals surface area contributed by atoms with Gasteiger partial charge in [-0.25, -0.2) is 27.3 Å². The molecule has 0 atom stereocenters. The predicted molar refractivity (Wildman–Crippen MR) is 136 cm³/mol. The molecule has 0 spiro atoms. The molecule has 0 saturated carbocycles. The van der Waals surface area contributed by atoms with Crippen LogP contribution >= 0.6 is 23.2 Å². The molecule has 0 aliphatic rings. The molecule has 38 heavy (non-hydrogen) atoms. The molecule has 0 aliphatic heterocycles. The average molecular weight is 562 g/mol. The normalized spacial score (nSPS) is 11.3. The van der Waals surface area contributed by atoms with E-state index < -0.39 is 35.4 Å². The third-order valence-electron chi connectivity index (χ3n) is 5.62. The maximum Gasteiger partial charge on any atom is 0.355 e. The minimum absolute atomic E-state index is 0.198. The van der Waals surface area contributed by atoms with E-state index in [1.165, 1.54) is 18.3 Å². The summed E-state index contributed by atoms with van der Waals surface area (Å²) in [5.41, 5.74) is -1.06. The molecule has 0 radical (unpaired) electrons. The van der Waals surface area contributed by atoms with Crippen molar-refractivity contribution in [2.24, 2.45) is 7.05 Å². The quantitative estimate of drug-likeness (QED) is 0.311. The van der Waals surface area contributed by atoms with E-state index in [0.29, 0.717) is 28.1 Å². The zero-order valence-corrected chi connectivity index (χ0v) is 20.9. The van der Waals surface area contributed by atoms with Crippen LogP contribution in [0.5, 0.6) is 0 Å². The highest BCUT2D eigenvalue weighted by Gasteiger charge is 2.19. The summed E-state index contributed by atoms with van der Waals surface area (Å²) in [7, 11) is 1.73. The van der Waals surface area contributed by atoms with Gasteiger partial charge in [0.1, 0.15) is 5.82 Å². The molecule has 2 aromatic carbocycles. The van der Waals surface area contributed by atoms with E-state index in [1.54, 1.807) is 30.1 Å². The number of nitrogens with zero attached hydrogens (tertiary/aromatic N) is 6. The fourth-order valence-corrected chi connectivity index (χ4v) is 4.23. The lowest BCUT2D eigenvalue weighted by Crippen LogP contribution is -2.43. The van der Waals surface area contributed by atoms with Gasteiger partial charge in [0, 0.05) is 41.5 Å². The second kappa shape index (κ2) is 9.95. The Labute approximate surface area is 221 Å². The largest absolute Gasteiger partial charge is 0.355 e. The maximum atomic E-state index is 14.5. The first-order chi connectivity index (χ1) is 18.1. The molecule has 0 saturated heterocycles. The lowest BCUT2D eigenvalue weighted by Gasteiger charge is -2.16. The number of hydrogen-bond acceptors (Lipinski definition) is 6.